The van der Waals surface area contributed by atoms with Gasteiger partial charge in [-0.25, -0.2) is 0 Å². The van der Waals surface area contributed by atoms with Crippen molar-refractivity contribution in [3.8, 4) is 0 Å². The number of benzene rings is 1. The second-order valence-electron chi connectivity index (χ2n) is 5.63. The molecule has 1 aliphatic rings. The first-order chi connectivity index (χ1) is 9.16. The largest absolute Gasteiger partial charge is 0.352 e. The van der Waals surface area contributed by atoms with Crippen LogP contribution in [0.2, 0.25) is 0 Å². The van der Waals surface area contributed by atoms with Gasteiger partial charge < -0.3 is 10.6 Å². The Labute approximate surface area is 115 Å². The molecule has 1 amide bonds. The van der Waals surface area contributed by atoms with Gasteiger partial charge >= 0.3 is 0 Å². The minimum atomic E-state index is 0.0935. The summed E-state index contributed by atoms with van der Waals surface area (Å²) in [5.74, 6) is 1.23. The van der Waals surface area contributed by atoms with Crippen LogP contribution < -0.4 is 10.6 Å². The van der Waals surface area contributed by atoms with Crippen LogP contribution in [0.25, 0.3) is 0 Å². The second-order valence-corrected chi connectivity index (χ2v) is 5.63. The maximum absolute atomic E-state index is 11.8. The normalized spacial score (nSPS) is 17.8. The molecule has 0 aliphatic heterocycles. The van der Waals surface area contributed by atoms with Crippen LogP contribution in [0.5, 0.6) is 0 Å². The van der Waals surface area contributed by atoms with E-state index < -0.39 is 0 Å². The average molecular weight is 260 g/mol. The summed E-state index contributed by atoms with van der Waals surface area (Å²) in [6, 6.07) is 10.5. The van der Waals surface area contributed by atoms with Gasteiger partial charge in [0.2, 0.25) is 5.91 Å². The topological polar surface area (TPSA) is 41.1 Å². The van der Waals surface area contributed by atoms with Gasteiger partial charge in [-0.2, -0.15) is 0 Å². The Hall–Kier alpha value is -1.35. The molecular weight excluding hydrogens is 236 g/mol. The highest BCUT2D eigenvalue weighted by Gasteiger charge is 2.21. The van der Waals surface area contributed by atoms with Crippen molar-refractivity contribution in [2.75, 3.05) is 13.1 Å². The van der Waals surface area contributed by atoms with Crippen molar-refractivity contribution < 1.29 is 4.79 Å². The van der Waals surface area contributed by atoms with Gasteiger partial charge in [0.15, 0.2) is 0 Å². The highest BCUT2D eigenvalue weighted by Crippen LogP contribution is 2.27. The van der Waals surface area contributed by atoms with E-state index in [0.29, 0.717) is 12.5 Å². The van der Waals surface area contributed by atoms with Gasteiger partial charge in [0.05, 0.1) is 6.54 Å². The van der Waals surface area contributed by atoms with Crippen LogP contribution in [0.1, 0.15) is 38.2 Å². The molecule has 2 atom stereocenters. The Balaban J connectivity index is 1.72. The van der Waals surface area contributed by atoms with Crippen molar-refractivity contribution in [1.82, 2.24) is 10.6 Å². The molecule has 1 aromatic rings. The molecule has 3 heteroatoms. The van der Waals surface area contributed by atoms with E-state index in [1.807, 2.05) is 18.2 Å². The van der Waals surface area contributed by atoms with E-state index >= 15 is 0 Å². The van der Waals surface area contributed by atoms with E-state index in [1.165, 1.54) is 18.4 Å². The average Bonchev–Trinajstić information content (AvgIpc) is 3.23. The first-order valence-corrected chi connectivity index (χ1v) is 7.22. The molecular formula is C16H24N2O. The lowest BCUT2D eigenvalue weighted by Gasteiger charge is -2.21. The van der Waals surface area contributed by atoms with Crippen LogP contribution in [0.15, 0.2) is 30.3 Å². The van der Waals surface area contributed by atoms with Crippen molar-refractivity contribution >= 4 is 5.91 Å². The van der Waals surface area contributed by atoms with Crippen LogP contribution in [-0.4, -0.2) is 25.0 Å². The van der Waals surface area contributed by atoms with E-state index in [0.717, 1.165) is 12.5 Å². The van der Waals surface area contributed by atoms with E-state index in [9.17, 15) is 4.79 Å². The van der Waals surface area contributed by atoms with Gasteiger partial charge in [0, 0.05) is 12.0 Å². The zero-order valence-corrected chi connectivity index (χ0v) is 11.9. The fraction of sp³-hybridized carbons (Fsp3) is 0.562. The van der Waals surface area contributed by atoms with Crippen LogP contribution >= 0.6 is 0 Å². The Kier molecular flexibility index (Phi) is 4.97. The summed E-state index contributed by atoms with van der Waals surface area (Å²) in [6.07, 6.45) is 2.63. The number of amides is 1. The molecule has 0 bridgehead atoms. The van der Waals surface area contributed by atoms with Crippen LogP contribution in [0.4, 0.5) is 0 Å². The van der Waals surface area contributed by atoms with Crippen molar-refractivity contribution in [1.29, 1.82) is 0 Å². The van der Waals surface area contributed by atoms with Crippen molar-refractivity contribution in [2.24, 2.45) is 5.92 Å². The highest BCUT2D eigenvalue weighted by molar-refractivity contribution is 5.78. The third-order valence-corrected chi connectivity index (χ3v) is 3.88. The maximum Gasteiger partial charge on any atom is 0.234 e. The molecule has 3 nitrogen and oxygen atoms in total. The Morgan fingerprint density at radius 2 is 1.95 bits per heavy atom. The predicted molar refractivity (Wildman–Crippen MR) is 78.1 cm³/mol. The molecule has 2 N–H and O–H groups in total. The van der Waals surface area contributed by atoms with E-state index in [2.05, 4.69) is 36.6 Å². The predicted octanol–water partition coefficient (Wildman–Crippen LogP) is 2.29. The number of rotatable bonds is 7. The fourth-order valence-corrected chi connectivity index (χ4v) is 2.19. The lowest BCUT2D eigenvalue weighted by Crippen LogP contribution is -2.41. The van der Waals surface area contributed by atoms with Gasteiger partial charge in [0.25, 0.3) is 0 Å². The molecule has 0 aromatic heterocycles. The van der Waals surface area contributed by atoms with Crippen LogP contribution in [0.3, 0.4) is 0 Å². The Morgan fingerprint density at radius 1 is 1.26 bits per heavy atom. The van der Waals surface area contributed by atoms with Gasteiger partial charge in [-0.05, 0) is 37.8 Å². The summed E-state index contributed by atoms with van der Waals surface area (Å²) >= 11 is 0. The van der Waals surface area contributed by atoms with Gasteiger partial charge in [-0.3, -0.25) is 4.79 Å². The number of nitrogens with one attached hydrogen (secondary N) is 2. The monoisotopic (exact) mass is 260 g/mol. The number of hydrogen-bond donors (Lipinski definition) is 2. The fourth-order valence-electron chi connectivity index (χ4n) is 2.19. The summed E-state index contributed by atoms with van der Waals surface area (Å²) < 4.78 is 0. The lowest BCUT2D eigenvalue weighted by atomic mass is 9.94. The number of carbonyl (C=O) groups excluding carboxylic acids is 1. The molecule has 2 unspecified atom stereocenters. The van der Waals surface area contributed by atoms with Crippen LogP contribution in [-0.2, 0) is 4.79 Å². The van der Waals surface area contributed by atoms with Crippen molar-refractivity contribution in [3.05, 3.63) is 35.9 Å². The summed E-state index contributed by atoms with van der Waals surface area (Å²) in [6.45, 7) is 5.63. The third-order valence-electron chi connectivity index (χ3n) is 3.88. The molecule has 0 heterocycles. The maximum atomic E-state index is 11.8. The summed E-state index contributed by atoms with van der Waals surface area (Å²) in [4.78, 5) is 11.8. The minimum absolute atomic E-state index is 0.0935. The molecule has 0 saturated heterocycles. The summed E-state index contributed by atoms with van der Waals surface area (Å²) in [5, 5.41) is 6.29. The summed E-state index contributed by atoms with van der Waals surface area (Å²) in [5.41, 5.74) is 1.27. The molecule has 104 valence electrons. The molecule has 1 aromatic carbocycles. The standard InChI is InChI=1S/C16H24N2O/c1-12(15-6-4-3-5-7-15)13(2)18-16(19)11-17-10-14-8-9-14/h3-7,12-14,17H,8-11H2,1-2H3,(H,18,19). The quantitative estimate of drug-likeness (QED) is 0.790. The SMILES string of the molecule is CC(NC(=O)CNCC1CC1)C(C)c1ccccc1. The van der Waals surface area contributed by atoms with Gasteiger partial charge in [0.1, 0.15) is 0 Å². The zero-order valence-electron chi connectivity index (χ0n) is 11.9. The highest BCUT2D eigenvalue weighted by atomic mass is 16.1. The molecule has 2 rings (SSSR count). The third kappa shape index (κ3) is 4.67. The van der Waals surface area contributed by atoms with Gasteiger partial charge in [-0.15, -0.1) is 0 Å². The van der Waals surface area contributed by atoms with E-state index in [4.69, 9.17) is 0 Å². The van der Waals surface area contributed by atoms with E-state index in [-0.39, 0.29) is 11.9 Å². The zero-order chi connectivity index (χ0) is 13.7. The smallest absolute Gasteiger partial charge is 0.234 e. The summed E-state index contributed by atoms with van der Waals surface area (Å²) in [7, 11) is 0. The first kappa shape index (κ1) is 14.1. The van der Waals surface area contributed by atoms with Crippen LogP contribution in [0, 0.1) is 5.92 Å². The number of hydrogen-bond acceptors (Lipinski definition) is 2. The molecule has 1 saturated carbocycles. The second kappa shape index (κ2) is 6.71. The Morgan fingerprint density at radius 3 is 2.58 bits per heavy atom. The van der Waals surface area contributed by atoms with Gasteiger partial charge in [-0.1, -0.05) is 37.3 Å². The Bertz CT molecular complexity index is 400. The molecule has 1 aliphatic carbocycles. The van der Waals surface area contributed by atoms with Crippen molar-refractivity contribution in [2.45, 2.75) is 38.6 Å². The lowest BCUT2D eigenvalue weighted by molar-refractivity contribution is -0.120. The molecule has 0 radical (unpaired) electrons. The number of carbonyl (C=O) groups is 1. The minimum Gasteiger partial charge on any atom is -0.352 e. The van der Waals surface area contributed by atoms with Crippen molar-refractivity contribution in [3.63, 3.8) is 0 Å². The molecule has 1 fully saturated rings. The molecule has 19 heavy (non-hydrogen) atoms. The molecule has 0 spiro atoms. The first-order valence-electron chi connectivity index (χ1n) is 7.22. The van der Waals surface area contributed by atoms with E-state index in [1.54, 1.807) is 0 Å².